The Labute approximate surface area is 152 Å². The molecule has 1 N–H and O–H groups in total. The lowest BCUT2D eigenvalue weighted by Crippen LogP contribution is -2.48. The molecule has 26 heavy (non-hydrogen) atoms. The molecule has 6 heteroatoms. The van der Waals surface area contributed by atoms with Gasteiger partial charge in [-0.1, -0.05) is 12.1 Å². The number of carbonyl (C=O) groups excluding carboxylic acids is 1. The first-order valence-corrected chi connectivity index (χ1v) is 8.51. The number of likely N-dealkylation sites (tertiary alicyclic amines) is 1. The zero-order valence-corrected chi connectivity index (χ0v) is 14.8. The van der Waals surface area contributed by atoms with E-state index in [0.717, 1.165) is 12.0 Å². The Kier molecular flexibility index (Phi) is 4.92. The van der Waals surface area contributed by atoms with E-state index in [2.05, 4.69) is 4.98 Å². The zero-order valence-electron chi connectivity index (χ0n) is 14.8. The van der Waals surface area contributed by atoms with E-state index in [-0.39, 0.29) is 17.6 Å². The first kappa shape index (κ1) is 17.9. The van der Waals surface area contributed by atoms with Crippen molar-refractivity contribution in [3.05, 3.63) is 59.4 Å². The number of ether oxygens (including phenoxy) is 1. The molecule has 0 spiro atoms. The van der Waals surface area contributed by atoms with Crippen LogP contribution >= 0.6 is 0 Å². The molecular weight excluding hydrogens is 330 g/mol. The third kappa shape index (κ3) is 3.26. The molecule has 1 aliphatic heterocycles. The summed E-state index contributed by atoms with van der Waals surface area (Å²) in [5.41, 5.74) is 0.134. The largest absolute Gasteiger partial charge is 0.497 e. The quantitative estimate of drug-likeness (QED) is 0.914. The van der Waals surface area contributed by atoms with E-state index in [0.29, 0.717) is 24.3 Å². The van der Waals surface area contributed by atoms with Gasteiger partial charge in [0.25, 0.3) is 5.91 Å². The molecule has 3 rings (SSSR count). The fourth-order valence-corrected chi connectivity index (χ4v) is 3.48. The van der Waals surface area contributed by atoms with Crippen LogP contribution in [0, 0.1) is 11.3 Å². The van der Waals surface area contributed by atoms with E-state index < -0.39 is 5.60 Å². The Balaban J connectivity index is 1.88. The number of nitriles is 1. The molecule has 2 aromatic rings. The molecule has 1 saturated heterocycles. The Morgan fingerprint density at radius 3 is 2.77 bits per heavy atom. The van der Waals surface area contributed by atoms with Crippen molar-refractivity contribution in [2.75, 3.05) is 13.7 Å². The second-order valence-corrected chi connectivity index (χ2v) is 6.57. The second-order valence-electron chi connectivity index (χ2n) is 6.57. The van der Waals surface area contributed by atoms with Crippen molar-refractivity contribution in [1.29, 1.82) is 5.26 Å². The van der Waals surface area contributed by atoms with E-state index in [1.165, 1.54) is 12.3 Å². The Morgan fingerprint density at radius 1 is 1.38 bits per heavy atom. The first-order chi connectivity index (χ1) is 12.5. The van der Waals surface area contributed by atoms with Crippen molar-refractivity contribution in [2.24, 2.45) is 0 Å². The van der Waals surface area contributed by atoms with Gasteiger partial charge in [0.15, 0.2) is 0 Å². The molecule has 0 unspecified atom stereocenters. The highest BCUT2D eigenvalue weighted by molar-refractivity contribution is 5.93. The number of hydrogen-bond donors (Lipinski definition) is 1. The highest BCUT2D eigenvalue weighted by Gasteiger charge is 2.43. The van der Waals surface area contributed by atoms with Crippen LogP contribution in [-0.2, 0) is 5.60 Å². The van der Waals surface area contributed by atoms with Crippen LogP contribution in [0.15, 0.2) is 42.6 Å². The molecule has 1 fully saturated rings. The van der Waals surface area contributed by atoms with Gasteiger partial charge in [0.05, 0.1) is 24.8 Å². The van der Waals surface area contributed by atoms with E-state index in [1.54, 1.807) is 37.1 Å². The average molecular weight is 351 g/mol. The van der Waals surface area contributed by atoms with Crippen molar-refractivity contribution >= 4 is 5.91 Å². The monoisotopic (exact) mass is 351 g/mol. The van der Waals surface area contributed by atoms with Crippen LogP contribution in [-0.4, -0.2) is 40.6 Å². The number of methoxy groups -OCH3 is 1. The van der Waals surface area contributed by atoms with Crippen LogP contribution in [0.5, 0.6) is 5.75 Å². The van der Waals surface area contributed by atoms with Gasteiger partial charge < -0.3 is 14.7 Å². The van der Waals surface area contributed by atoms with Gasteiger partial charge in [-0.15, -0.1) is 0 Å². The minimum atomic E-state index is -1.20. The van der Waals surface area contributed by atoms with Crippen molar-refractivity contribution in [3.8, 4) is 11.8 Å². The van der Waals surface area contributed by atoms with Gasteiger partial charge in [0, 0.05) is 12.7 Å². The average Bonchev–Trinajstić information content (AvgIpc) is 3.18. The number of benzene rings is 1. The topological polar surface area (TPSA) is 86.5 Å². The Hall–Kier alpha value is -2.91. The summed E-state index contributed by atoms with van der Waals surface area (Å²) >= 11 is 0. The van der Waals surface area contributed by atoms with Crippen LogP contribution < -0.4 is 4.74 Å². The lowest BCUT2D eigenvalue weighted by Gasteiger charge is -2.37. The van der Waals surface area contributed by atoms with E-state index in [1.807, 2.05) is 18.2 Å². The van der Waals surface area contributed by atoms with Gasteiger partial charge in [-0.05, 0) is 49.6 Å². The van der Waals surface area contributed by atoms with E-state index in [4.69, 9.17) is 10.00 Å². The zero-order chi connectivity index (χ0) is 18.7. The molecule has 134 valence electrons. The number of rotatable bonds is 4. The smallest absolute Gasteiger partial charge is 0.272 e. The molecule has 0 aliphatic carbocycles. The summed E-state index contributed by atoms with van der Waals surface area (Å²) in [5, 5.41) is 20.2. The maximum absolute atomic E-state index is 12.9. The van der Waals surface area contributed by atoms with Gasteiger partial charge in [0.2, 0.25) is 0 Å². The minimum Gasteiger partial charge on any atom is -0.497 e. The summed E-state index contributed by atoms with van der Waals surface area (Å²) in [6.45, 7) is 2.28. The van der Waals surface area contributed by atoms with Gasteiger partial charge >= 0.3 is 0 Å². The molecule has 2 heterocycles. The number of pyridine rings is 1. The van der Waals surface area contributed by atoms with E-state index >= 15 is 0 Å². The molecule has 0 saturated carbocycles. The molecule has 2 atom stereocenters. The SMILES string of the molecule is COc1ccc([C@@](C)(O)[C@@H]2CCCN2C(=O)c2cc(C#N)ccn2)cc1. The highest BCUT2D eigenvalue weighted by atomic mass is 16.5. The fraction of sp³-hybridized carbons (Fsp3) is 0.350. The minimum absolute atomic E-state index is 0.224. The summed E-state index contributed by atoms with van der Waals surface area (Å²) in [6.07, 6.45) is 2.96. The van der Waals surface area contributed by atoms with Crippen LogP contribution in [0.4, 0.5) is 0 Å². The first-order valence-electron chi connectivity index (χ1n) is 8.51. The maximum atomic E-state index is 12.9. The summed E-state index contributed by atoms with van der Waals surface area (Å²) < 4.78 is 5.17. The van der Waals surface area contributed by atoms with Gasteiger partial charge in [-0.2, -0.15) is 5.26 Å². The normalized spacial score (nSPS) is 18.8. The van der Waals surface area contributed by atoms with Gasteiger partial charge in [-0.25, -0.2) is 0 Å². The molecule has 1 aromatic heterocycles. The van der Waals surface area contributed by atoms with Crippen molar-refractivity contribution in [3.63, 3.8) is 0 Å². The standard InChI is InChI=1S/C20H21N3O3/c1-20(25,15-5-7-16(26-2)8-6-15)18-4-3-11-23(18)19(24)17-12-14(13-21)9-10-22-17/h5-10,12,18,25H,3-4,11H2,1-2H3/t18-,20+/m0/s1. The number of amides is 1. The summed E-state index contributed by atoms with van der Waals surface area (Å²) in [4.78, 5) is 18.7. The van der Waals surface area contributed by atoms with Crippen molar-refractivity contribution in [1.82, 2.24) is 9.88 Å². The lowest BCUT2D eigenvalue weighted by atomic mass is 9.86. The summed E-state index contributed by atoms with van der Waals surface area (Å²) in [5.74, 6) is 0.444. The predicted molar refractivity (Wildman–Crippen MR) is 95.6 cm³/mol. The molecule has 0 bridgehead atoms. The van der Waals surface area contributed by atoms with Crippen molar-refractivity contribution < 1.29 is 14.6 Å². The van der Waals surface area contributed by atoms with Gasteiger partial charge in [-0.3, -0.25) is 9.78 Å². The van der Waals surface area contributed by atoms with Crippen LogP contribution in [0.1, 0.15) is 41.4 Å². The Morgan fingerprint density at radius 2 is 2.12 bits per heavy atom. The summed E-state index contributed by atoms with van der Waals surface area (Å²) in [7, 11) is 1.59. The molecule has 6 nitrogen and oxygen atoms in total. The number of carbonyl (C=O) groups is 1. The third-order valence-electron chi connectivity index (χ3n) is 4.95. The molecule has 0 radical (unpaired) electrons. The Bertz CT molecular complexity index is 840. The molecule has 1 amide bonds. The van der Waals surface area contributed by atoms with Crippen LogP contribution in [0.3, 0.4) is 0 Å². The molecule has 1 aliphatic rings. The van der Waals surface area contributed by atoms with E-state index in [9.17, 15) is 9.90 Å². The number of aromatic nitrogens is 1. The fourth-order valence-electron chi connectivity index (χ4n) is 3.48. The number of nitrogens with zero attached hydrogens (tertiary/aromatic N) is 3. The molecule has 1 aromatic carbocycles. The second kappa shape index (κ2) is 7.14. The number of hydrogen-bond acceptors (Lipinski definition) is 5. The van der Waals surface area contributed by atoms with Crippen molar-refractivity contribution in [2.45, 2.75) is 31.4 Å². The van der Waals surface area contributed by atoms with Gasteiger partial charge in [0.1, 0.15) is 17.0 Å². The third-order valence-corrected chi connectivity index (χ3v) is 4.95. The summed E-state index contributed by atoms with van der Waals surface area (Å²) in [6, 6.07) is 11.9. The predicted octanol–water partition coefficient (Wildman–Crippen LogP) is 2.47. The molecular formula is C20H21N3O3. The number of aliphatic hydroxyl groups is 1. The lowest BCUT2D eigenvalue weighted by molar-refractivity contribution is -0.0179. The van der Waals surface area contributed by atoms with Crippen LogP contribution in [0.2, 0.25) is 0 Å². The highest BCUT2D eigenvalue weighted by Crippen LogP contribution is 2.36. The maximum Gasteiger partial charge on any atom is 0.272 e. The van der Waals surface area contributed by atoms with Crippen LogP contribution in [0.25, 0.3) is 0 Å².